The van der Waals surface area contributed by atoms with Crippen molar-refractivity contribution in [1.29, 1.82) is 0 Å². The first-order valence-electron chi connectivity index (χ1n) is 9.80. The average Bonchev–Trinajstić information content (AvgIpc) is 3.18. The van der Waals surface area contributed by atoms with E-state index in [1.54, 1.807) is 0 Å². The van der Waals surface area contributed by atoms with Crippen LogP contribution >= 0.6 is 11.8 Å². The summed E-state index contributed by atoms with van der Waals surface area (Å²) in [6, 6.07) is 20.4. The van der Waals surface area contributed by atoms with E-state index in [9.17, 15) is 4.79 Å². The van der Waals surface area contributed by atoms with Crippen LogP contribution in [0.4, 0.5) is 0 Å². The summed E-state index contributed by atoms with van der Waals surface area (Å²) in [4.78, 5) is 12.4. The Hall–Kier alpha value is -2.60. The van der Waals surface area contributed by atoms with Gasteiger partial charge in [-0.2, -0.15) is 0 Å². The van der Waals surface area contributed by atoms with Crippen LogP contribution in [0.2, 0.25) is 0 Å². The molecular weight excluding hydrogens is 368 g/mol. The van der Waals surface area contributed by atoms with E-state index in [0.29, 0.717) is 11.8 Å². The minimum absolute atomic E-state index is 0.0702. The summed E-state index contributed by atoms with van der Waals surface area (Å²) in [5, 5.41) is 12.7. The molecule has 0 spiro atoms. The van der Waals surface area contributed by atoms with Gasteiger partial charge in [-0.3, -0.25) is 9.36 Å². The molecule has 0 saturated heterocycles. The van der Waals surface area contributed by atoms with Crippen LogP contribution in [0.15, 0.2) is 65.8 Å². The van der Waals surface area contributed by atoms with Crippen LogP contribution in [-0.2, 0) is 4.79 Å². The van der Waals surface area contributed by atoms with E-state index >= 15 is 0 Å². The van der Waals surface area contributed by atoms with E-state index in [2.05, 4.69) is 15.5 Å². The van der Waals surface area contributed by atoms with Crippen LogP contribution in [0.25, 0.3) is 17.1 Å². The zero-order valence-corrected chi connectivity index (χ0v) is 16.6. The van der Waals surface area contributed by atoms with Crippen molar-refractivity contribution in [3.05, 3.63) is 60.7 Å². The smallest absolute Gasteiger partial charge is 0.230 e. The van der Waals surface area contributed by atoms with E-state index in [0.717, 1.165) is 35.1 Å². The maximum atomic E-state index is 12.4. The molecule has 0 bridgehead atoms. The van der Waals surface area contributed by atoms with E-state index in [1.165, 1.54) is 31.0 Å². The molecule has 1 amide bonds. The predicted molar refractivity (Wildman–Crippen MR) is 113 cm³/mol. The Kier molecular flexibility index (Phi) is 6.07. The highest BCUT2D eigenvalue weighted by atomic mass is 32.2. The number of hydrogen-bond donors (Lipinski definition) is 1. The lowest BCUT2D eigenvalue weighted by molar-refractivity contribution is -0.119. The second-order valence-electron chi connectivity index (χ2n) is 7.03. The van der Waals surface area contributed by atoms with Crippen molar-refractivity contribution in [3.63, 3.8) is 0 Å². The van der Waals surface area contributed by atoms with Crippen molar-refractivity contribution in [2.45, 2.75) is 43.3 Å². The summed E-state index contributed by atoms with van der Waals surface area (Å²) < 4.78 is 2.02. The number of carbonyl (C=O) groups excluding carboxylic acids is 1. The first-order chi connectivity index (χ1) is 13.8. The standard InChI is InChI=1S/C22H24N4OS/c27-20(23-18-12-6-2-7-13-18)16-28-22-25-24-21(17-10-4-1-5-11-17)26(22)19-14-8-3-9-15-19/h1,3-5,8-11,14-15,18H,2,6-7,12-13,16H2,(H,23,27). The Bertz CT molecular complexity index is 905. The van der Waals surface area contributed by atoms with Gasteiger partial charge in [-0.1, -0.05) is 79.6 Å². The fraction of sp³-hybridized carbons (Fsp3) is 0.318. The molecule has 1 N–H and O–H groups in total. The van der Waals surface area contributed by atoms with Gasteiger partial charge in [0.25, 0.3) is 0 Å². The van der Waals surface area contributed by atoms with Gasteiger partial charge in [0, 0.05) is 17.3 Å². The van der Waals surface area contributed by atoms with Gasteiger partial charge in [-0.25, -0.2) is 0 Å². The molecule has 1 aromatic heterocycles. The van der Waals surface area contributed by atoms with Crippen molar-refractivity contribution in [2.24, 2.45) is 0 Å². The van der Waals surface area contributed by atoms with Gasteiger partial charge < -0.3 is 5.32 Å². The number of para-hydroxylation sites is 1. The number of thioether (sulfide) groups is 1. The van der Waals surface area contributed by atoms with Crippen molar-refractivity contribution in [2.75, 3.05) is 5.75 Å². The third-order valence-corrected chi connectivity index (χ3v) is 5.91. The largest absolute Gasteiger partial charge is 0.353 e. The van der Waals surface area contributed by atoms with Crippen molar-refractivity contribution >= 4 is 17.7 Å². The number of rotatable bonds is 6. The normalized spacial score (nSPS) is 14.7. The quantitative estimate of drug-likeness (QED) is 0.629. The molecule has 0 atom stereocenters. The van der Waals surface area contributed by atoms with Gasteiger partial charge in [0.05, 0.1) is 5.75 Å². The second-order valence-corrected chi connectivity index (χ2v) is 7.98. The molecule has 28 heavy (non-hydrogen) atoms. The molecule has 1 fully saturated rings. The molecule has 5 nitrogen and oxygen atoms in total. The lowest BCUT2D eigenvalue weighted by Gasteiger charge is -2.22. The molecule has 0 unspecified atom stereocenters. The molecule has 3 aromatic rings. The molecule has 1 heterocycles. The summed E-state index contributed by atoms with van der Waals surface area (Å²) in [7, 11) is 0. The molecule has 1 aliphatic rings. The molecule has 4 rings (SSSR count). The number of amides is 1. The highest BCUT2D eigenvalue weighted by molar-refractivity contribution is 7.99. The second kappa shape index (κ2) is 9.06. The van der Waals surface area contributed by atoms with Crippen LogP contribution in [-0.4, -0.2) is 32.5 Å². The van der Waals surface area contributed by atoms with Gasteiger partial charge in [-0.15, -0.1) is 10.2 Å². The van der Waals surface area contributed by atoms with Gasteiger partial charge in [0.1, 0.15) is 0 Å². The number of aromatic nitrogens is 3. The molecular formula is C22H24N4OS. The van der Waals surface area contributed by atoms with Crippen molar-refractivity contribution < 1.29 is 4.79 Å². The van der Waals surface area contributed by atoms with Crippen LogP contribution in [0.1, 0.15) is 32.1 Å². The van der Waals surface area contributed by atoms with E-state index < -0.39 is 0 Å². The zero-order valence-electron chi connectivity index (χ0n) is 15.8. The van der Waals surface area contributed by atoms with Crippen LogP contribution < -0.4 is 5.32 Å². The molecule has 144 valence electrons. The molecule has 0 radical (unpaired) electrons. The monoisotopic (exact) mass is 392 g/mol. The van der Waals surface area contributed by atoms with Crippen LogP contribution in [0, 0.1) is 0 Å². The number of hydrogen-bond acceptors (Lipinski definition) is 4. The Morgan fingerprint density at radius 3 is 2.36 bits per heavy atom. The summed E-state index contributed by atoms with van der Waals surface area (Å²) in [6.07, 6.45) is 5.88. The fourth-order valence-corrected chi connectivity index (χ4v) is 4.36. The topological polar surface area (TPSA) is 59.8 Å². The minimum atomic E-state index is 0.0702. The van der Waals surface area contributed by atoms with E-state index in [-0.39, 0.29) is 5.91 Å². The van der Waals surface area contributed by atoms with Crippen LogP contribution in [0.3, 0.4) is 0 Å². The molecule has 2 aromatic carbocycles. The van der Waals surface area contributed by atoms with Gasteiger partial charge in [0.15, 0.2) is 11.0 Å². The average molecular weight is 393 g/mol. The number of carbonyl (C=O) groups is 1. The molecule has 1 saturated carbocycles. The Labute approximate surface area is 169 Å². The number of benzene rings is 2. The van der Waals surface area contributed by atoms with Crippen molar-refractivity contribution in [1.82, 2.24) is 20.1 Å². The van der Waals surface area contributed by atoms with E-state index in [1.807, 2.05) is 65.2 Å². The summed E-state index contributed by atoms with van der Waals surface area (Å²) in [5.41, 5.74) is 1.99. The predicted octanol–water partition coefficient (Wildman–Crippen LogP) is 4.48. The Balaban J connectivity index is 1.53. The SMILES string of the molecule is O=C(CSc1nnc(-c2ccccc2)n1-c1ccccc1)NC1CCCCC1. The molecule has 6 heteroatoms. The first-order valence-corrected chi connectivity index (χ1v) is 10.8. The highest BCUT2D eigenvalue weighted by Gasteiger charge is 2.19. The minimum Gasteiger partial charge on any atom is -0.353 e. The fourth-order valence-electron chi connectivity index (χ4n) is 3.59. The van der Waals surface area contributed by atoms with E-state index in [4.69, 9.17) is 0 Å². The maximum absolute atomic E-state index is 12.4. The Morgan fingerprint density at radius 1 is 0.964 bits per heavy atom. The third-order valence-electron chi connectivity index (χ3n) is 4.98. The first kappa shape index (κ1) is 18.7. The van der Waals surface area contributed by atoms with Gasteiger partial charge in [-0.05, 0) is 25.0 Å². The zero-order chi connectivity index (χ0) is 19.2. The maximum Gasteiger partial charge on any atom is 0.230 e. The van der Waals surface area contributed by atoms with Gasteiger partial charge in [0.2, 0.25) is 5.91 Å². The summed E-state index contributed by atoms with van der Waals surface area (Å²) in [5.74, 6) is 1.19. The Morgan fingerprint density at radius 2 is 1.64 bits per heavy atom. The lowest BCUT2D eigenvalue weighted by Crippen LogP contribution is -2.37. The number of nitrogens with zero attached hydrogens (tertiary/aromatic N) is 3. The lowest BCUT2D eigenvalue weighted by atomic mass is 9.95. The van der Waals surface area contributed by atoms with Crippen molar-refractivity contribution in [3.8, 4) is 17.1 Å². The number of nitrogens with one attached hydrogen (secondary N) is 1. The van der Waals surface area contributed by atoms with Gasteiger partial charge >= 0.3 is 0 Å². The summed E-state index contributed by atoms with van der Waals surface area (Å²) >= 11 is 1.43. The highest BCUT2D eigenvalue weighted by Crippen LogP contribution is 2.28. The van der Waals surface area contributed by atoms with Crippen LogP contribution in [0.5, 0.6) is 0 Å². The molecule has 0 aliphatic heterocycles. The summed E-state index contributed by atoms with van der Waals surface area (Å²) in [6.45, 7) is 0. The third kappa shape index (κ3) is 4.44. The molecule has 1 aliphatic carbocycles.